The Bertz CT molecular complexity index is 214. The van der Waals surface area contributed by atoms with Gasteiger partial charge < -0.3 is 9.84 Å². The zero-order chi connectivity index (χ0) is 9.42. The standard InChI is InChI=1S/C10H16O3/c1-6(11)13-5-8-2-7-3-9(8)10(12)4-7/h7-10,12H,2-5H2,1H3/t7-,8+,9-,10+/m0/s1. The topological polar surface area (TPSA) is 46.5 Å². The van der Waals surface area contributed by atoms with E-state index in [9.17, 15) is 9.90 Å². The summed E-state index contributed by atoms with van der Waals surface area (Å²) in [5.41, 5.74) is 0. The van der Waals surface area contributed by atoms with Crippen LogP contribution < -0.4 is 0 Å². The Hall–Kier alpha value is -0.570. The van der Waals surface area contributed by atoms with Crippen LogP contribution in [0.4, 0.5) is 0 Å². The lowest BCUT2D eigenvalue weighted by atomic mass is 9.87. The monoisotopic (exact) mass is 184 g/mol. The van der Waals surface area contributed by atoms with E-state index >= 15 is 0 Å². The van der Waals surface area contributed by atoms with Crippen LogP contribution in [0.1, 0.15) is 26.2 Å². The van der Waals surface area contributed by atoms with Gasteiger partial charge in [0, 0.05) is 6.92 Å². The van der Waals surface area contributed by atoms with Crippen LogP contribution in [0.2, 0.25) is 0 Å². The molecule has 0 saturated heterocycles. The first kappa shape index (κ1) is 9.00. The molecule has 0 aromatic carbocycles. The summed E-state index contributed by atoms with van der Waals surface area (Å²) in [6, 6.07) is 0. The molecule has 2 bridgehead atoms. The molecule has 0 radical (unpaired) electrons. The number of carbonyl (C=O) groups excluding carboxylic acids is 1. The molecule has 0 spiro atoms. The fraction of sp³-hybridized carbons (Fsp3) is 0.900. The van der Waals surface area contributed by atoms with Crippen molar-refractivity contribution in [2.45, 2.75) is 32.3 Å². The maximum atomic E-state index is 10.6. The van der Waals surface area contributed by atoms with Crippen molar-refractivity contribution in [3.05, 3.63) is 0 Å². The number of carbonyl (C=O) groups is 1. The zero-order valence-electron chi connectivity index (χ0n) is 7.90. The fourth-order valence-corrected chi connectivity index (χ4v) is 2.87. The van der Waals surface area contributed by atoms with Gasteiger partial charge in [0.1, 0.15) is 0 Å². The Morgan fingerprint density at radius 3 is 2.77 bits per heavy atom. The predicted molar refractivity (Wildman–Crippen MR) is 47.0 cm³/mol. The molecule has 2 rings (SSSR count). The highest BCUT2D eigenvalue weighted by molar-refractivity contribution is 5.65. The Morgan fingerprint density at radius 1 is 1.46 bits per heavy atom. The molecule has 0 aromatic rings. The third kappa shape index (κ3) is 1.70. The van der Waals surface area contributed by atoms with Gasteiger partial charge in [-0.05, 0) is 37.0 Å². The highest BCUT2D eigenvalue weighted by Gasteiger charge is 2.45. The molecule has 13 heavy (non-hydrogen) atoms. The van der Waals surface area contributed by atoms with Gasteiger partial charge >= 0.3 is 5.97 Å². The Kier molecular flexibility index (Phi) is 2.28. The quantitative estimate of drug-likeness (QED) is 0.650. The molecule has 2 saturated carbocycles. The number of hydrogen-bond acceptors (Lipinski definition) is 3. The molecule has 3 nitrogen and oxygen atoms in total. The maximum Gasteiger partial charge on any atom is 0.302 e. The fourth-order valence-electron chi connectivity index (χ4n) is 2.87. The van der Waals surface area contributed by atoms with E-state index in [0.29, 0.717) is 24.4 Å². The van der Waals surface area contributed by atoms with Crippen LogP contribution >= 0.6 is 0 Å². The first-order valence-electron chi connectivity index (χ1n) is 4.98. The van der Waals surface area contributed by atoms with Crippen LogP contribution in [0.5, 0.6) is 0 Å². The molecule has 2 fully saturated rings. The van der Waals surface area contributed by atoms with Crippen molar-refractivity contribution >= 4 is 5.97 Å². The summed E-state index contributed by atoms with van der Waals surface area (Å²) >= 11 is 0. The normalized spacial score (nSPS) is 42.3. The van der Waals surface area contributed by atoms with Crippen molar-refractivity contribution in [2.75, 3.05) is 6.61 Å². The van der Waals surface area contributed by atoms with Crippen LogP contribution in [0.15, 0.2) is 0 Å². The summed E-state index contributed by atoms with van der Waals surface area (Å²) in [5, 5.41) is 9.61. The minimum atomic E-state index is -0.211. The second kappa shape index (κ2) is 3.29. The minimum Gasteiger partial charge on any atom is -0.466 e. The van der Waals surface area contributed by atoms with Gasteiger partial charge in [-0.2, -0.15) is 0 Å². The smallest absolute Gasteiger partial charge is 0.302 e. The lowest BCUT2D eigenvalue weighted by Gasteiger charge is -2.25. The van der Waals surface area contributed by atoms with Gasteiger partial charge in [0.2, 0.25) is 0 Å². The number of esters is 1. The Morgan fingerprint density at radius 2 is 2.23 bits per heavy atom. The van der Waals surface area contributed by atoms with Crippen LogP contribution in [0, 0.1) is 17.8 Å². The van der Waals surface area contributed by atoms with E-state index < -0.39 is 0 Å². The third-order valence-corrected chi connectivity index (χ3v) is 3.42. The molecule has 0 unspecified atom stereocenters. The highest BCUT2D eigenvalue weighted by atomic mass is 16.5. The van der Waals surface area contributed by atoms with Crippen LogP contribution in [0.25, 0.3) is 0 Å². The first-order valence-corrected chi connectivity index (χ1v) is 4.98. The van der Waals surface area contributed by atoms with Gasteiger partial charge in [-0.1, -0.05) is 0 Å². The second-order valence-electron chi connectivity index (χ2n) is 4.37. The van der Waals surface area contributed by atoms with Gasteiger partial charge in [0.05, 0.1) is 12.7 Å². The number of aliphatic hydroxyl groups excluding tert-OH is 1. The molecule has 74 valence electrons. The van der Waals surface area contributed by atoms with Crippen molar-refractivity contribution in [3.8, 4) is 0 Å². The molecule has 2 aliphatic rings. The minimum absolute atomic E-state index is 0.140. The number of hydrogen-bond donors (Lipinski definition) is 1. The number of fused-ring (bicyclic) bond motifs is 2. The van der Waals surface area contributed by atoms with Crippen molar-refractivity contribution < 1.29 is 14.6 Å². The van der Waals surface area contributed by atoms with E-state index in [2.05, 4.69) is 0 Å². The molecule has 0 aliphatic heterocycles. The summed E-state index contributed by atoms with van der Waals surface area (Å²) in [7, 11) is 0. The first-order chi connectivity index (χ1) is 6.16. The van der Waals surface area contributed by atoms with Crippen molar-refractivity contribution in [2.24, 2.45) is 17.8 Å². The average molecular weight is 184 g/mol. The van der Waals surface area contributed by atoms with Gasteiger partial charge in [-0.3, -0.25) is 4.79 Å². The maximum absolute atomic E-state index is 10.6. The zero-order valence-corrected chi connectivity index (χ0v) is 7.90. The largest absolute Gasteiger partial charge is 0.466 e. The molecule has 0 aromatic heterocycles. The number of aliphatic hydroxyl groups is 1. The number of ether oxygens (including phenoxy) is 1. The average Bonchev–Trinajstić information content (AvgIpc) is 2.58. The van der Waals surface area contributed by atoms with E-state index in [1.54, 1.807) is 0 Å². The lowest BCUT2D eigenvalue weighted by Crippen LogP contribution is -2.28. The van der Waals surface area contributed by atoms with Crippen LogP contribution in [0.3, 0.4) is 0 Å². The van der Waals surface area contributed by atoms with E-state index in [-0.39, 0.29) is 12.1 Å². The predicted octanol–water partition coefficient (Wildman–Crippen LogP) is 0.957. The molecular formula is C10H16O3. The van der Waals surface area contributed by atoms with Gasteiger partial charge in [0.15, 0.2) is 0 Å². The van der Waals surface area contributed by atoms with Crippen molar-refractivity contribution in [3.63, 3.8) is 0 Å². The van der Waals surface area contributed by atoms with Crippen molar-refractivity contribution in [1.29, 1.82) is 0 Å². The summed E-state index contributed by atoms with van der Waals surface area (Å²) in [5.74, 6) is 1.28. The third-order valence-electron chi connectivity index (χ3n) is 3.42. The van der Waals surface area contributed by atoms with E-state index in [1.165, 1.54) is 6.92 Å². The van der Waals surface area contributed by atoms with Crippen LogP contribution in [-0.4, -0.2) is 23.8 Å². The molecule has 3 heteroatoms. The van der Waals surface area contributed by atoms with E-state index in [4.69, 9.17) is 4.74 Å². The molecule has 2 aliphatic carbocycles. The summed E-state index contributed by atoms with van der Waals surface area (Å²) in [6.07, 6.45) is 3.09. The van der Waals surface area contributed by atoms with Crippen LogP contribution in [-0.2, 0) is 9.53 Å². The summed E-state index contributed by atoms with van der Waals surface area (Å²) < 4.78 is 4.98. The van der Waals surface area contributed by atoms with Crippen molar-refractivity contribution in [1.82, 2.24) is 0 Å². The van der Waals surface area contributed by atoms with Gasteiger partial charge in [0.25, 0.3) is 0 Å². The molecule has 0 heterocycles. The highest BCUT2D eigenvalue weighted by Crippen LogP contribution is 2.48. The molecule has 0 amide bonds. The SMILES string of the molecule is CC(=O)OC[C@H]1C[C@H]2C[C@@H]1[C@H](O)C2. The second-order valence-corrected chi connectivity index (χ2v) is 4.37. The Labute approximate surface area is 78.1 Å². The summed E-state index contributed by atoms with van der Waals surface area (Å²) in [6.45, 7) is 1.94. The van der Waals surface area contributed by atoms with Gasteiger partial charge in [-0.25, -0.2) is 0 Å². The summed E-state index contributed by atoms with van der Waals surface area (Å²) in [4.78, 5) is 10.6. The number of rotatable bonds is 2. The molecule has 1 N–H and O–H groups in total. The van der Waals surface area contributed by atoms with E-state index in [1.807, 2.05) is 0 Å². The lowest BCUT2D eigenvalue weighted by molar-refractivity contribution is -0.143. The Balaban J connectivity index is 1.85. The van der Waals surface area contributed by atoms with Gasteiger partial charge in [-0.15, -0.1) is 0 Å². The van der Waals surface area contributed by atoms with E-state index in [0.717, 1.165) is 19.3 Å². The molecule has 4 atom stereocenters. The molecular weight excluding hydrogens is 168 g/mol.